The molecule has 0 saturated carbocycles. The first kappa shape index (κ1) is 10.7. The maximum absolute atomic E-state index is 10.3. The van der Waals surface area contributed by atoms with Crippen LogP contribution >= 0.6 is 0 Å². The molecule has 0 fully saturated rings. The number of pyridine rings is 1. The monoisotopic (exact) mass is 194 g/mol. The van der Waals surface area contributed by atoms with Gasteiger partial charge in [-0.1, -0.05) is 0 Å². The Morgan fingerprint density at radius 3 is 2.79 bits per heavy atom. The summed E-state index contributed by atoms with van der Waals surface area (Å²) in [6.45, 7) is 0.571. The van der Waals surface area contributed by atoms with Gasteiger partial charge in [0.2, 0.25) is 5.91 Å². The maximum Gasteiger partial charge on any atom is 0.243 e. The molecule has 14 heavy (non-hydrogen) atoms. The molecule has 0 unspecified atom stereocenters. The topological polar surface area (TPSA) is 65.2 Å². The molecule has 1 amide bonds. The molecular formula is C10H14N2O2. The van der Waals surface area contributed by atoms with Crippen LogP contribution in [-0.4, -0.2) is 24.1 Å². The number of carbonyl (C=O) groups is 1. The number of primary amides is 1. The number of aryl methyl sites for hydroxylation is 1. The number of rotatable bonds is 6. The molecule has 0 aromatic carbocycles. The van der Waals surface area contributed by atoms with Crippen LogP contribution in [0.2, 0.25) is 0 Å². The van der Waals surface area contributed by atoms with Crippen LogP contribution in [-0.2, 0) is 16.0 Å². The van der Waals surface area contributed by atoms with E-state index in [0.29, 0.717) is 6.61 Å². The van der Waals surface area contributed by atoms with Gasteiger partial charge in [-0.15, -0.1) is 0 Å². The summed E-state index contributed by atoms with van der Waals surface area (Å²) in [5, 5.41) is 0. The van der Waals surface area contributed by atoms with Gasteiger partial charge < -0.3 is 10.5 Å². The van der Waals surface area contributed by atoms with Crippen molar-refractivity contribution < 1.29 is 9.53 Å². The normalized spacial score (nSPS) is 10.0. The Kier molecular flexibility index (Phi) is 4.64. The Morgan fingerprint density at radius 1 is 1.43 bits per heavy atom. The van der Waals surface area contributed by atoms with Crippen LogP contribution in [0.1, 0.15) is 12.0 Å². The third kappa shape index (κ3) is 4.57. The van der Waals surface area contributed by atoms with E-state index in [1.165, 1.54) is 5.56 Å². The first-order chi connectivity index (χ1) is 6.79. The smallest absolute Gasteiger partial charge is 0.243 e. The number of aromatic nitrogens is 1. The summed E-state index contributed by atoms with van der Waals surface area (Å²) in [5.41, 5.74) is 6.14. The van der Waals surface area contributed by atoms with Crippen molar-refractivity contribution in [3.05, 3.63) is 30.1 Å². The van der Waals surface area contributed by atoms with Crippen LogP contribution in [0.4, 0.5) is 0 Å². The summed E-state index contributed by atoms with van der Waals surface area (Å²) in [6.07, 6.45) is 5.35. The molecule has 0 spiro atoms. The predicted octanol–water partition coefficient (Wildman–Crippen LogP) is 0.516. The lowest BCUT2D eigenvalue weighted by Gasteiger charge is -2.01. The molecule has 1 aromatic heterocycles. The van der Waals surface area contributed by atoms with Crippen LogP contribution in [0.3, 0.4) is 0 Å². The number of ether oxygens (including phenoxy) is 1. The maximum atomic E-state index is 10.3. The van der Waals surface area contributed by atoms with Crippen molar-refractivity contribution in [2.45, 2.75) is 12.8 Å². The summed E-state index contributed by atoms with van der Waals surface area (Å²) in [6, 6.07) is 3.93. The van der Waals surface area contributed by atoms with Gasteiger partial charge in [0.15, 0.2) is 0 Å². The zero-order valence-corrected chi connectivity index (χ0v) is 7.98. The lowest BCUT2D eigenvalue weighted by atomic mass is 10.1. The molecule has 0 radical (unpaired) electrons. The third-order valence-corrected chi connectivity index (χ3v) is 1.75. The van der Waals surface area contributed by atoms with Gasteiger partial charge in [-0.3, -0.25) is 9.78 Å². The fourth-order valence-corrected chi connectivity index (χ4v) is 1.10. The molecular weight excluding hydrogens is 180 g/mol. The van der Waals surface area contributed by atoms with Crippen molar-refractivity contribution in [1.82, 2.24) is 4.98 Å². The average Bonchev–Trinajstić information content (AvgIpc) is 2.18. The van der Waals surface area contributed by atoms with E-state index >= 15 is 0 Å². The molecule has 1 rings (SSSR count). The molecule has 2 N–H and O–H groups in total. The van der Waals surface area contributed by atoms with Gasteiger partial charge in [0.05, 0.1) is 0 Å². The van der Waals surface area contributed by atoms with Gasteiger partial charge in [-0.2, -0.15) is 0 Å². The van der Waals surface area contributed by atoms with Gasteiger partial charge in [-0.05, 0) is 30.5 Å². The number of hydrogen-bond donors (Lipinski definition) is 1. The lowest BCUT2D eigenvalue weighted by Crippen LogP contribution is -2.18. The molecule has 4 nitrogen and oxygen atoms in total. The fourth-order valence-electron chi connectivity index (χ4n) is 1.10. The Balaban J connectivity index is 2.08. The highest BCUT2D eigenvalue weighted by atomic mass is 16.5. The largest absolute Gasteiger partial charge is 0.372 e. The number of nitrogens with two attached hydrogens (primary N) is 1. The van der Waals surface area contributed by atoms with E-state index in [-0.39, 0.29) is 6.61 Å². The van der Waals surface area contributed by atoms with E-state index in [0.717, 1.165) is 12.8 Å². The fraction of sp³-hybridized carbons (Fsp3) is 0.400. The van der Waals surface area contributed by atoms with E-state index in [4.69, 9.17) is 10.5 Å². The highest BCUT2D eigenvalue weighted by Gasteiger charge is 1.95. The summed E-state index contributed by atoms with van der Waals surface area (Å²) in [5.74, 6) is -0.422. The second-order valence-corrected chi connectivity index (χ2v) is 2.98. The molecule has 0 bridgehead atoms. The minimum absolute atomic E-state index is 0.0103. The first-order valence-corrected chi connectivity index (χ1v) is 4.54. The first-order valence-electron chi connectivity index (χ1n) is 4.54. The summed E-state index contributed by atoms with van der Waals surface area (Å²) >= 11 is 0. The van der Waals surface area contributed by atoms with Gasteiger partial charge in [0.25, 0.3) is 0 Å². The Hall–Kier alpha value is -1.42. The Morgan fingerprint density at radius 2 is 2.14 bits per heavy atom. The van der Waals surface area contributed by atoms with Gasteiger partial charge in [0.1, 0.15) is 6.61 Å². The zero-order chi connectivity index (χ0) is 10.2. The van der Waals surface area contributed by atoms with E-state index in [1.807, 2.05) is 12.1 Å². The van der Waals surface area contributed by atoms with E-state index in [9.17, 15) is 4.79 Å². The second kappa shape index (κ2) is 6.10. The van der Waals surface area contributed by atoms with Gasteiger partial charge in [0, 0.05) is 19.0 Å². The van der Waals surface area contributed by atoms with Crippen LogP contribution in [0, 0.1) is 0 Å². The molecule has 1 heterocycles. The van der Waals surface area contributed by atoms with Crippen LogP contribution < -0.4 is 5.73 Å². The molecule has 1 aromatic rings. The quantitative estimate of drug-likeness (QED) is 0.671. The Labute approximate surface area is 83.1 Å². The van der Waals surface area contributed by atoms with Crippen LogP contribution in [0.5, 0.6) is 0 Å². The van der Waals surface area contributed by atoms with E-state index < -0.39 is 5.91 Å². The lowest BCUT2D eigenvalue weighted by molar-refractivity contribution is -0.122. The molecule has 0 saturated heterocycles. The van der Waals surface area contributed by atoms with E-state index in [1.54, 1.807) is 12.4 Å². The molecule has 4 heteroatoms. The summed E-state index contributed by atoms with van der Waals surface area (Å²) in [4.78, 5) is 14.2. The van der Waals surface area contributed by atoms with Crippen molar-refractivity contribution in [2.24, 2.45) is 5.73 Å². The van der Waals surface area contributed by atoms with Crippen LogP contribution in [0.25, 0.3) is 0 Å². The minimum Gasteiger partial charge on any atom is -0.372 e. The van der Waals surface area contributed by atoms with Crippen molar-refractivity contribution >= 4 is 5.91 Å². The second-order valence-electron chi connectivity index (χ2n) is 2.98. The zero-order valence-electron chi connectivity index (χ0n) is 7.98. The minimum atomic E-state index is -0.422. The predicted molar refractivity (Wildman–Crippen MR) is 52.6 cm³/mol. The SMILES string of the molecule is NC(=O)COCCCc1ccncc1. The number of nitrogens with zero attached hydrogens (tertiary/aromatic N) is 1. The molecule has 0 atom stereocenters. The standard InChI is InChI=1S/C10H14N2O2/c11-10(13)8-14-7-1-2-9-3-5-12-6-4-9/h3-6H,1-2,7-8H2,(H2,11,13). The molecule has 0 aliphatic heterocycles. The molecule has 76 valence electrons. The van der Waals surface area contributed by atoms with Crippen molar-refractivity contribution in [3.8, 4) is 0 Å². The molecule has 0 aliphatic carbocycles. The van der Waals surface area contributed by atoms with E-state index in [2.05, 4.69) is 4.98 Å². The number of carbonyl (C=O) groups excluding carboxylic acids is 1. The van der Waals surface area contributed by atoms with Gasteiger partial charge >= 0.3 is 0 Å². The molecule has 0 aliphatic rings. The summed E-state index contributed by atoms with van der Waals surface area (Å²) in [7, 11) is 0. The number of hydrogen-bond acceptors (Lipinski definition) is 3. The Bertz CT molecular complexity index is 275. The highest BCUT2D eigenvalue weighted by molar-refractivity contribution is 5.74. The van der Waals surface area contributed by atoms with Crippen LogP contribution in [0.15, 0.2) is 24.5 Å². The average molecular weight is 194 g/mol. The number of amides is 1. The summed E-state index contributed by atoms with van der Waals surface area (Å²) < 4.78 is 5.03. The van der Waals surface area contributed by atoms with Crippen molar-refractivity contribution in [1.29, 1.82) is 0 Å². The van der Waals surface area contributed by atoms with Gasteiger partial charge in [-0.25, -0.2) is 0 Å². The highest BCUT2D eigenvalue weighted by Crippen LogP contribution is 2.00. The third-order valence-electron chi connectivity index (χ3n) is 1.75. The van der Waals surface area contributed by atoms with Crippen molar-refractivity contribution in [3.63, 3.8) is 0 Å². The van der Waals surface area contributed by atoms with Crippen molar-refractivity contribution in [2.75, 3.05) is 13.2 Å².